The summed E-state index contributed by atoms with van der Waals surface area (Å²) in [5.41, 5.74) is 11.4. The van der Waals surface area contributed by atoms with Gasteiger partial charge in [-0.3, -0.25) is 30.8 Å². The van der Waals surface area contributed by atoms with Crippen LogP contribution in [0.2, 0.25) is 0 Å². The number of rotatable bonds is 12. The number of nitrogens with one attached hydrogen (secondary N) is 4. The highest BCUT2D eigenvalue weighted by Crippen LogP contribution is 2.32. The molecule has 0 saturated heterocycles. The topological polar surface area (TPSA) is 155 Å². The molecule has 0 saturated carbocycles. The maximum atomic E-state index is 14.0. The molecule has 3 aromatic rings. The molecule has 0 bridgehead atoms. The molecule has 1 unspecified atom stereocenters. The first-order valence-electron chi connectivity index (χ1n) is 12.1. The van der Waals surface area contributed by atoms with Gasteiger partial charge in [0.15, 0.2) is 17.3 Å². The lowest BCUT2D eigenvalue weighted by molar-refractivity contribution is -0.122. The number of amides is 2. The normalized spacial score (nSPS) is 11.4. The SMILES string of the molecule is CCOc1cc(C(Nc2ccc(C(=N)N)cc2)C(=O)NNC(=O)c2ccncc2F)ccc1OCCN(C)C. The number of carbonyl (C=O) groups excluding carboxylic acids is 2. The Morgan fingerprint density at radius 2 is 1.82 bits per heavy atom. The summed E-state index contributed by atoms with van der Waals surface area (Å²) < 4.78 is 25.6. The lowest BCUT2D eigenvalue weighted by Gasteiger charge is -2.22. The number of amidine groups is 1. The number of nitrogens with zero attached hydrogens (tertiary/aromatic N) is 2. The number of hydrogen-bond donors (Lipinski definition) is 5. The molecular weight excluding hydrogens is 505 g/mol. The first-order chi connectivity index (χ1) is 18.7. The number of benzene rings is 2. The van der Waals surface area contributed by atoms with Crippen LogP contribution in [0.5, 0.6) is 11.5 Å². The number of ether oxygens (including phenoxy) is 2. The van der Waals surface area contributed by atoms with E-state index < -0.39 is 23.7 Å². The van der Waals surface area contributed by atoms with Crippen LogP contribution in [0.1, 0.15) is 34.5 Å². The van der Waals surface area contributed by atoms with E-state index in [1.165, 1.54) is 12.3 Å². The second-order valence-corrected chi connectivity index (χ2v) is 8.66. The van der Waals surface area contributed by atoms with Crippen LogP contribution in [-0.2, 0) is 4.79 Å². The van der Waals surface area contributed by atoms with Gasteiger partial charge in [-0.2, -0.15) is 0 Å². The summed E-state index contributed by atoms with van der Waals surface area (Å²) in [6, 6.07) is 11.9. The van der Waals surface area contributed by atoms with Gasteiger partial charge in [0.1, 0.15) is 18.5 Å². The third kappa shape index (κ3) is 8.14. The maximum Gasteiger partial charge on any atom is 0.272 e. The second-order valence-electron chi connectivity index (χ2n) is 8.66. The molecule has 206 valence electrons. The summed E-state index contributed by atoms with van der Waals surface area (Å²) in [6.07, 6.45) is 2.18. The molecule has 2 aromatic carbocycles. The lowest BCUT2D eigenvalue weighted by atomic mass is 10.0. The Kier molecular flexibility index (Phi) is 10.2. The van der Waals surface area contributed by atoms with Crippen molar-refractivity contribution in [2.24, 2.45) is 5.73 Å². The van der Waals surface area contributed by atoms with Crippen molar-refractivity contribution in [2.45, 2.75) is 13.0 Å². The van der Waals surface area contributed by atoms with Gasteiger partial charge in [0.05, 0.1) is 18.4 Å². The van der Waals surface area contributed by atoms with E-state index in [0.717, 1.165) is 6.20 Å². The molecule has 1 heterocycles. The van der Waals surface area contributed by atoms with Crippen LogP contribution in [0.4, 0.5) is 10.1 Å². The van der Waals surface area contributed by atoms with Crippen LogP contribution in [0, 0.1) is 11.2 Å². The first-order valence-corrected chi connectivity index (χ1v) is 12.1. The molecular formula is C27H32FN7O4. The molecule has 3 rings (SSSR count). The van der Waals surface area contributed by atoms with Gasteiger partial charge >= 0.3 is 0 Å². The summed E-state index contributed by atoms with van der Waals surface area (Å²) in [5.74, 6) is -1.41. The number of hydrogen-bond acceptors (Lipinski definition) is 8. The minimum absolute atomic E-state index is 0.0897. The van der Waals surface area contributed by atoms with Crippen molar-refractivity contribution >= 4 is 23.3 Å². The van der Waals surface area contributed by atoms with E-state index in [0.29, 0.717) is 48.1 Å². The number of nitrogen functional groups attached to an aromatic ring is 1. The fourth-order valence-corrected chi connectivity index (χ4v) is 3.46. The summed E-state index contributed by atoms with van der Waals surface area (Å²) in [7, 11) is 3.88. The molecule has 0 aliphatic heterocycles. The molecule has 12 heteroatoms. The van der Waals surface area contributed by atoms with Crippen molar-refractivity contribution in [1.29, 1.82) is 5.41 Å². The number of halogens is 1. The molecule has 0 fully saturated rings. The largest absolute Gasteiger partial charge is 0.490 e. The molecule has 0 radical (unpaired) electrons. The maximum absolute atomic E-state index is 14.0. The van der Waals surface area contributed by atoms with E-state index in [2.05, 4.69) is 21.2 Å². The van der Waals surface area contributed by atoms with Gasteiger partial charge in [0, 0.05) is 24.0 Å². The Balaban J connectivity index is 1.87. The molecule has 6 N–H and O–H groups in total. The zero-order valence-corrected chi connectivity index (χ0v) is 22.0. The third-order valence-electron chi connectivity index (χ3n) is 5.48. The minimum atomic E-state index is -1.01. The van der Waals surface area contributed by atoms with Gasteiger partial charge in [-0.1, -0.05) is 6.07 Å². The zero-order valence-electron chi connectivity index (χ0n) is 22.0. The molecule has 0 spiro atoms. The number of likely N-dealkylation sites (N-methyl/N-ethyl adjacent to an activating group) is 1. The van der Waals surface area contributed by atoms with E-state index in [-0.39, 0.29) is 11.4 Å². The van der Waals surface area contributed by atoms with Crippen LogP contribution in [0.3, 0.4) is 0 Å². The van der Waals surface area contributed by atoms with Crippen LogP contribution in [0.25, 0.3) is 0 Å². The standard InChI is InChI=1S/C27H32FN7O4/c1-4-38-23-15-18(7-10-22(23)39-14-13-35(2)3)24(32-19-8-5-17(6-9-19)25(29)30)27(37)34-33-26(36)20-11-12-31-16-21(20)28/h5-12,15-16,24,32H,4,13-14H2,1-3H3,(H3,29,30)(H,33,36)(H,34,37). The Hall–Kier alpha value is -4.71. The number of pyridine rings is 1. The fourth-order valence-electron chi connectivity index (χ4n) is 3.46. The van der Waals surface area contributed by atoms with E-state index >= 15 is 0 Å². The van der Waals surface area contributed by atoms with Crippen LogP contribution in [-0.4, -0.2) is 61.4 Å². The smallest absolute Gasteiger partial charge is 0.272 e. The Bertz CT molecular complexity index is 1300. The zero-order chi connectivity index (χ0) is 28.4. The Morgan fingerprint density at radius 3 is 2.46 bits per heavy atom. The van der Waals surface area contributed by atoms with Gasteiger partial charge in [-0.15, -0.1) is 0 Å². The highest BCUT2D eigenvalue weighted by Gasteiger charge is 2.24. The van der Waals surface area contributed by atoms with Crippen molar-refractivity contribution in [3.63, 3.8) is 0 Å². The predicted molar refractivity (Wildman–Crippen MR) is 145 cm³/mol. The van der Waals surface area contributed by atoms with Crippen molar-refractivity contribution in [3.05, 3.63) is 83.4 Å². The molecule has 1 aromatic heterocycles. The van der Waals surface area contributed by atoms with Crippen LogP contribution in [0.15, 0.2) is 60.9 Å². The van der Waals surface area contributed by atoms with Crippen molar-refractivity contribution in [1.82, 2.24) is 20.7 Å². The summed E-state index contributed by atoms with van der Waals surface area (Å²) in [4.78, 5) is 31.4. The van der Waals surface area contributed by atoms with Gasteiger partial charge in [-0.05, 0) is 69.0 Å². The number of carbonyl (C=O) groups is 2. The average molecular weight is 538 g/mol. The molecule has 0 aliphatic rings. The van der Waals surface area contributed by atoms with Crippen molar-refractivity contribution in [3.8, 4) is 11.5 Å². The third-order valence-corrected chi connectivity index (χ3v) is 5.48. The number of hydrazine groups is 1. The van der Waals surface area contributed by atoms with E-state index in [9.17, 15) is 14.0 Å². The van der Waals surface area contributed by atoms with Gasteiger partial charge in [-0.25, -0.2) is 4.39 Å². The van der Waals surface area contributed by atoms with Gasteiger partial charge in [0.25, 0.3) is 11.8 Å². The van der Waals surface area contributed by atoms with Gasteiger partial charge < -0.3 is 25.4 Å². The van der Waals surface area contributed by atoms with Crippen LogP contribution < -0.4 is 31.4 Å². The predicted octanol–water partition coefficient (Wildman–Crippen LogP) is 2.46. The highest BCUT2D eigenvalue weighted by molar-refractivity contribution is 5.97. The van der Waals surface area contributed by atoms with Crippen LogP contribution >= 0.6 is 0 Å². The highest BCUT2D eigenvalue weighted by atomic mass is 19.1. The summed E-state index contributed by atoms with van der Waals surface area (Å²) >= 11 is 0. The van der Waals surface area contributed by atoms with Gasteiger partial charge in [0.2, 0.25) is 0 Å². The molecule has 39 heavy (non-hydrogen) atoms. The lowest BCUT2D eigenvalue weighted by Crippen LogP contribution is -2.45. The number of anilines is 1. The second kappa shape index (κ2) is 13.7. The molecule has 1 atom stereocenters. The van der Waals surface area contributed by atoms with E-state index in [4.69, 9.17) is 20.6 Å². The number of aromatic nitrogens is 1. The van der Waals surface area contributed by atoms with Crippen molar-refractivity contribution in [2.75, 3.05) is 39.2 Å². The summed E-state index contributed by atoms with van der Waals surface area (Å²) in [5, 5.41) is 10.7. The number of nitrogens with two attached hydrogens (primary N) is 1. The quantitative estimate of drug-likeness (QED) is 0.134. The Labute approximate surface area is 226 Å². The van der Waals surface area contributed by atoms with Crippen molar-refractivity contribution < 1.29 is 23.5 Å². The molecule has 2 amide bonds. The Morgan fingerprint density at radius 1 is 1.08 bits per heavy atom. The van der Waals surface area contributed by atoms with E-state index in [1.807, 2.05) is 25.9 Å². The summed E-state index contributed by atoms with van der Waals surface area (Å²) in [6.45, 7) is 3.35. The van der Waals surface area contributed by atoms with E-state index in [1.54, 1.807) is 42.5 Å². The monoisotopic (exact) mass is 537 g/mol. The first kappa shape index (κ1) is 28.9. The molecule has 11 nitrogen and oxygen atoms in total. The average Bonchev–Trinajstić information content (AvgIpc) is 2.91. The molecule has 0 aliphatic carbocycles. The minimum Gasteiger partial charge on any atom is -0.490 e. The fraction of sp³-hybridized carbons (Fsp3) is 0.259.